The molecule has 21 heavy (non-hydrogen) atoms. The summed E-state index contributed by atoms with van der Waals surface area (Å²) in [5.74, 6) is 3.19. The van der Waals surface area contributed by atoms with Crippen LogP contribution in [0.1, 0.15) is 59.3 Å². The Morgan fingerprint density at radius 3 is 2.43 bits per heavy atom. The molecule has 1 saturated carbocycles. The van der Waals surface area contributed by atoms with Crippen LogP contribution < -0.4 is 0 Å². The fraction of sp³-hybridized carbons (Fsp3) is 0.765. The molecule has 1 atom stereocenters. The molecule has 0 aromatic carbocycles. The maximum absolute atomic E-state index is 10.0. The molecule has 4 nitrogen and oxygen atoms in total. The Morgan fingerprint density at radius 2 is 1.86 bits per heavy atom. The molecule has 0 amide bonds. The topological polar surface area (TPSA) is 69.9 Å². The van der Waals surface area contributed by atoms with E-state index in [4.69, 9.17) is 4.74 Å². The van der Waals surface area contributed by atoms with Crippen molar-refractivity contribution in [2.75, 3.05) is 6.61 Å². The predicted octanol–water partition coefficient (Wildman–Crippen LogP) is 2.13. The third-order valence-electron chi connectivity index (χ3n) is 3.51. The Hall–Kier alpha value is -0.860. The molecule has 1 fully saturated rings. The number of hydrogen-bond donors (Lipinski definition) is 3. The molecular formula is C17H28O4. The van der Waals surface area contributed by atoms with Gasteiger partial charge in [-0.1, -0.05) is 17.9 Å². The molecular weight excluding hydrogens is 268 g/mol. The molecule has 1 aliphatic carbocycles. The van der Waals surface area contributed by atoms with E-state index in [0.29, 0.717) is 12.8 Å². The highest BCUT2D eigenvalue weighted by Crippen LogP contribution is 2.36. The van der Waals surface area contributed by atoms with Crippen molar-refractivity contribution in [2.45, 2.75) is 76.3 Å². The van der Waals surface area contributed by atoms with Gasteiger partial charge in [0.25, 0.3) is 0 Å². The second-order valence-corrected chi connectivity index (χ2v) is 6.66. The minimum Gasteiger partial charge on any atom is -0.376 e. The van der Waals surface area contributed by atoms with Gasteiger partial charge in [0.1, 0.15) is 0 Å². The third kappa shape index (κ3) is 6.19. The van der Waals surface area contributed by atoms with Gasteiger partial charge in [0, 0.05) is 13.0 Å². The Bertz CT molecular complexity index is 409. The molecule has 120 valence electrons. The largest absolute Gasteiger partial charge is 0.376 e. The van der Waals surface area contributed by atoms with Gasteiger partial charge >= 0.3 is 0 Å². The van der Waals surface area contributed by atoms with Crippen LogP contribution in [-0.2, 0) is 4.74 Å². The van der Waals surface area contributed by atoms with Gasteiger partial charge in [-0.2, -0.15) is 0 Å². The first-order valence-corrected chi connectivity index (χ1v) is 7.65. The zero-order valence-corrected chi connectivity index (χ0v) is 13.4. The van der Waals surface area contributed by atoms with Crippen molar-refractivity contribution in [1.82, 2.24) is 0 Å². The van der Waals surface area contributed by atoms with E-state index in [1.54, 1.807) is 6.08 Å². The van der Waals surface area contributed by atoms with E-state index in [0.717, 1.165) is 25.9 Å². The average molecular weight is 296 g/mol. The minimum absolute atomic E-state index is 0.0842. The highest BCUT2D eigenvalue weighted by Gasteiger charge is 2.51. The van der Waals surface area contributed by atoms with Crippen LogP contribution in [0, 0.1) is 11.8 Å². The second kappa shape index (κ2) is 7.42. The SMILES string of the molecule is CC(C)(C)OCCCCC=CC#CC1(O)CCCC1(O)O. The summed E-state index contributed by atoms with van der Waals surface area (Å²) in [5.41, 5.74) is -1.78. The van der Waals surface area contributed by atoms with Gasteiger partial charge in [-0.3, -0.25) is 0 Å². The normalized spacial score (nSPS) is 25.0. The number of unbranched alkanes of at least 4 members (excludes halogenated alkanes) is 2. The van der Waals surface area contributed by atoms with Crippen LogP contribution in [-0.4, -0.2) is 38.9 Å². The van der Waals surface area contributed by atoms with Crippen LogP contribution in [0.25, 0.3) is 0 Å². The maximum Gasteiger partial charge on any atom is 0.204 e. The number of aliphatic hydroxyl groups is 3. The quantitative estimate of drug-likeness (QED) is 0.413. The Labute approximate surface area is 127 Å². The van der Waals surface area contributed by atoms with Gasteiger partial charge in [-0.15, -0.1) is 0 Å². The first-order chi connectivity index (χ1) is 9.66. The first kappa shape index (κ1) is 18.2. The molecule has 0 spiro atoms. The monoisotopic (exact) mass is 296 g/mol. The number of hydrogen-bond acceptors (Lipinski definition) is 4. The van der Waals surface area contributed by atoms with Gasteiger partial charge in [0.15, 0.2) is 5.60 Å². The lowest BCUT2D eigenvalue weighted by molar-refractivity contribution is -0.235. The van der Waals surface area contributed by atoms with Crippen LogP contribution in [0.4, 0.5) is 0 Å². The van der Waals surface area contributed by atoms with Crippen LogP contribution >= 0.6 is 0 Å². The molecule has 0 bridgehead atoms. The molecule has 3 N–H and O–H groups in total. The van der Waals surface area contributed by atoms with Crippen molar-refractivity contribution in [2.24, 2.45) is 0 Å². The molecule has 0 radical (unpaired) electrons. The summed E-state index contributed by atoms with van der Waals surface area (Å²) in [7, 11) is 0. The fourth-order valence-electron chi connectivity index (χ4n) is 2.21. The van der Waals surface area contributed by atoms with Crippen LogP contribution in [0.5, 0.6) is 0 Å². The molecule has 0 aromatic rings. The molecule has 0 aliphatic heterocycles. The summed E-state index contributed by atoms with van der Waals surface area (Å²) < 4.78 is 5.62. The van der Waals surface area contributed by atoms with Crippen LogP contribution in [0.2, 0.25) is 0 Å². The van der Waals surface area contributed by atoms with E-state index >= 15 is 0 Å². The first-order valence-electron chi connectivity index (χ1n) is 7.65. The summed E-state index contributed by atoms with van der Waals surface area (Å²) in [5, 5.41) is 29.3. The number of ether oxygens (including phenoxy) is 1. The summed E-state index contributed by atoms with van der Waals surface area (Å²) in [4.78, 5) is 0. The Morgan fingerprint density at radius 1 is 1.14 bits per heavy atom. The van der Waals surface area contributed by atoms with Crippen LogP contribution in [0.3, 0.4) is 0 Å². The number of allylic oxidation sites excluding steroid dienone is 2. The lowest BCUT2D eigenvalue weighted by Gasteiger charge is -2.28. The Balaban J connectivity index is 2.23. The zero-order chi connectivity index (χ0) is 16.0. The lowest BCUT2D eigenvalue weighted by Crippen LogP contribution is -2.48. The third-order valence-corrected chi connectivity index (χ3v) is 3.51. The van der Waals surface area contributed by atoms with Gasteiger partial charge < -0.3 is 20.1 Å². The summed E-state index contributed by atoms with van der Waals surface area (Å²) in [6.45, 7) is 6.87. The van der Waals surface area contributed by atoms with Crippen molar-refractivity contribution in [3.63, 3.8) is 0 Å². The summed E-state index contributed by atoms with van der Waals surface area (Å²) >= 11 is 0. The molecule has 4 heteroatoms. The standard InChI is InChI=1S/C17H28O4/c1-15(2,3)21-14-9-7-5-4-6-8-11-16(18)12-10-13-17(16,19)20/h4,6,18-20H,5,7,9-10,12-14H2,1-3H3. The highest BCUT2D eigenvalue weighted by atomic mass is 16.5. The van der Waals surface area contributed by atoms with Crippen molar-refractivity contribution < 1.29 is 20.1 Å². The van der Waals surface area contributed by atoms with Crippen LogP contribution in [0.15, 0.2) is 12.2 Å². The number of rotatable bonds is 5. The van der Waals surface area contributed by atoms with Gasteiger partial charge in [0.05, 0.1) is 5.60 Å². The lowest BCUT2D eigenvalue weighted by atomic mass is 9.97. The second-order valence-electron chi connectivity index (χ2n) is 6.66. The van der Waals surface area contributed by atoms with Gasteiger partial charge in [-0.05, 0) is 59.0 Å². The van der Waals surface area contributed by atoms with Crippen molar-refractivity contribution in [3.8, 4) is 11.8 Å². The summed E-state index contributed by atoms with van der Waals surface area (Å²) in [6, 6.07) is 0. The van der Waals surface area contributed by atoms with Gasteiger partial charge in [0.2, 0.25) is 5.79 Å². The zero-order valence-electron chi connectivity index (χ0n) is 13.4. The van der Waals surface area contributed by atoms with E-state index in [9.17, 15) is 15.3 Å². The van der Waals surface area contributed by atoms with E-state index in [2.05, 4.69) is 11.8 Å². The molecule has 0 heterocycles. The van der Waals surface area contributed by atoms with Crippen molar-refractivity contribution in [3.05, 3.63) is 12.2 Å². The highest BCUT2D eigenvalue weighted by molar-refractivity contribution is 5.26. The average Bonchev–Trinajstić information content (AvgIpc) is 2.60. The molecule has 0 saturated heterocycles. The predicted molar refractivity (Wildman–Crippen MR) is 82.4 cm³/mol. The molecule has 1 rings (SSSR count). The molecule has 0 aromatic heterocycles. The molecule has 1 aliphatic rings. The fourth-order valence-corrected chi connectivity index (χ4v) is 2.21. The molecule has 1 unspecified atom stereocenters. The van der Waals surface area contributed by atoms with Crippen molar-refractivity contribution >= 4 is 0 Å². The van der Waals surface area contributed by atoms with Gasteiger partial charge in [-0.25, -0.2) is 0 Å². The van der Waals surface area contributed by atoms with Crippen molar-refractivity contribution in [1.29, 1.82) is 0 Å². The van der Waals surface area contributed by atoms with E-state index in [-0.39, 0.29) is 12.0 Å². The van der Waals surface area contributed by atoms with E-state index in [1.165, 1.54) is 0 Å². The van der Waals surface area contributed by atoms with E-state index in [1.807, 2.05) is 26.8 Å². The van der Waals surface area contributed by atoms with E-state index < -0.39 is 11.4 Å². The summed E-state index contributed by atoms with van der Waals surface area (Å²) in [6.07, 6.45) is 7.52. The maximum atomic E-state index is 10.0. The minimum atomic E-state index is -2.09. The smallest absolute Gasteiger partial charge is 0.204 e. The Kier molecular flexibility index (Phi) is 6.42.